The Balaban J connectivity index is 2.09. The fourth-order valence-electron chi connectivity index (χ4n) is 1.96. The summed E-state index contributed by atoms with van der Waals surface area (Å²) < 4.78 is 0. The number of fused-ring (bicyclic) bond motifs is 1. The molecule has 96 valence electrons. The lowest BCUT2D eigenvalue weighted by Gasteiger charge is -2.14. The molecule has 0 amide bonds. The Kier molecular flexibility index (Phi) is 4.44. The minimum Gasteiger partial charge on any atom is -0.360 e. The summed E-state index contributed by atoms with van der Waals surface area (Å²) in [5.41, 5.74) is 1.81. The molecule has 3 nitrogen and oxygen atoms in total. The van der Waals surface area contributed by atoms with Crippen molar-refractivity contribution >= 4 is 28.4 Å². The second-order valence-electron chi connectivity index (χ2n) is 4.40. The molecule has 1 heterocycles. The van der Waals surface area contributed by atoms with Crippen molar-refractivity contribution in [1.29, 1.82) is 0 Å². The van der Waals surface area contributed by atoms with Crippen LogP contribution in [0.5, 0.6) is 0 Å². The van der Waals surface area contributed by atoms with Crippen LogP contribution in [0.2, 0.25) is 0 Å². The van der Waals surface area contributed by atoms with Crippen LogP contribution in [-0.2, 0) is 0 Å². The summed E-state index contributed by atoms with van der Waals surface area (Å²) in [6, 6.07) is 7.91. The number of carbonyl (C=O) groups is 1. The number of likely N-dealkylation sites (N-methyl/N-ethyl adjacent to an activating group) is 1. The zero-order valence-electron chi connectivity index (χ0n) is 10.8. The standard InChI is InChI=1S/C14H18N2OS/c1-16(7-8-18-2)10-14(17)12-9-15-13-6-4-3-5-11(12)13/h3-6,9,15H,7-8,10H2,1-2H3. The Labute approximate surface area is 112 Å². The van der Waals surface area contributed by atoms with Crippen molar-refractivity contribution in [3.63, 3.8) is 0 Å². The van der Waals surface area contributed by atoms with E-state index in [9.17, 15) is 4.79 Å². The number of aromatic amines is 1. The fraction of sp³-hybridized carbons (Fsp3) is 0.357. The van der Waals surface area contributed by atoms with Gasteiger partial charge in [-0.1, -0.05) is 18.2 Å². The van der Waals surface area contributed by atoms with Gasteiger partial charge in [0.05, 0.1) is 6.54 Å². The van der Waals surface area contributed by atoms with E-state index in [4.69, 9.17) is 0 Å². The molecule has 0 radical (unpaired) electrons. The van der Waals surface area contributed by atoms with Gasteiger partial charge < -0.3 is 4.98 Å². The number of carbonyl (C=O) groups excluding carboxylic acids is 1. The number of para-hydroxylation sites is 1. The molecular weight excluding hydrogens is 244 g/mol. The van der Waals surface area contributed by atoms with Gasteiger partial charge in [0.2, 0.25) is 0 Å². The summed E-state index contributed by atoms with van der Waals surface area (Å²) in [5.74, 6) is 1.23. The molecule has 0 aliphatic carbocycles. The molecule has 0 fully saturated rings. The number of H-pyrrole nitrogens is 1. The van der Waals surface area contributed by atoms with Crippen LogP contribution >= 0.6 is 11.8 Å². The van der Waals surface area contributed by atoms with E-state index in [-0.39, 0.29) is 5.78 Å². The van der Waals surface area contributed by atoms with Crippen LogP contribution in [-0.4, -0.2) is 47.8 Å². The summed E-state index contributed by atoms with van der Waals surface area (Å²) in [5, 5.41) is 1.01. The van der Waals surface area contributed by atoms with Crippen LogP contribution in [0.4, 0.5) is 0 Å². The van der Waals surface area contributed by atoms with Crippen molar-refractivity contribution in [3.05, 3.63) is 36.0 Å². The minimum atomic E-state index is 0.177. The molecule has 0 aliphatic rings. The maximum Gasteiger partial charge on any atom is 0.178 e. The zero-order valence-corrected chi connectivity index (χ0v) is 11.6. The molecule has 1 N–H and O–H groups in total. The largest absolute Gasteiger partial charge is 0.360 e. The molecule has 0 saturated heterocycles. The second-order valence-corrected chi connectivity index (χ2v) is 5.39. The van der Waals surface area contributed by atoms with E-state index in [0.29, 0.717) is 6.54 Å². The first kappa shape index (κ1) is 13.2. The highest BCUT2D eigenvalue weighted by Gasteiger charge is 2.13. The smallest absolute Gasteiger partial charge is 0.178 e. The van der Waals surface area contributed by atoms with Gasteiger partial charge in [-0.15, -0.1) is 0 Å². The number of nitrogens with one attached hydrogen (secondary N) is 1. The van der Waals surface area contributed by atoms with Gasteiger partial charge in [0.15, 0.2) is 5.78 Å². The van der Waals surface area contributed by atoms with Gasteiger partial charge in [0, 0.05) is 35.0 Å². The SMILES string of the molecule is CSCCN(C)CC(=O)c1c[nH]c2ccccc12. The number of hydrogen-bond acceptors (Lipinski definition) is 3. The molecular formula is C14H18N2OS. The first-order valence-electron chi connectivity index (χ1n) is 5.99. The molecule has 0 atom stereocenters. The van der Waals surface area contributed by atoms with E-state index >= 15 is 0 Å². The predicted molar refractivity (Wildman–Crippen MR) is 78.5 cm³/mol. The second kappa shape index (κ2) is 6.07. The number of ketones is 1. The highest BCUT2D eigenvalue weighted by atomic mass is 32.2. The Morgan fingerprint density at radius 1 is 1.39 bits per heavy atom. The summed E-state index contributed by atoms with van der Waals surface area (Å²) >= 11 is 1.80. The number of Topliss-reactive ketones (excluding diaryl/α,β-unsaturated/α-hetero) is 1. The molecule has 0 spiro atoms. The third-order valence-electron chi connectivity index (χ3n) is 2.98. The monoisotopic (exact) mass is 262 g/mol. The van der Waals surface area contributed by atoms with E-state index in [1.165, 1.54) is 0 Å². The fourth-order valence-corrected chi connectivity index (χ4v) is 2.45. The number of thioether (sulfide) groups is 1. The lowest BCUT2D eigenvalue weighted by Crippen LogP contribution is -2.27. The number of hydrogen-bond donors (Lipinski definition) is 1. The molecule has 2 aromatic rings. The number of aromatic nitrogens is 1. The first-order valence-corrected chi connectivity index (χ1v) is 7.38. The third kappa shape index (κ3) is 2.94. The van der Waals surface area contributed by atoms with Crippen molar-refractivity contribution in [2.75, 3.05) is 32.1 Å². The van der Waals surface area contributed by atoms with Crippen molar-refractivity contribution in [1.82, 2.24) is 9.88 Å². The highest BCUT2D eigenvalue weighted by molar-refractivity contribution is 7.98. The average molecular weight is 262 g/mol. The number of nitrogens with zero attached hydrogens (tertiary/aromatic N) is 1. The van der Waals surface area contributed by atoms with Gasteiger partial charge in [0.25, 0.3) is 0 Å². The van der Waals surface area contributed by atoms with Gasteiger partial charge in [-0.3, -0.25) is 9.69 Å². The third-order valence-corrected chi connectivity index (χ3v) is 3.57. The van der Waals surface area contributed by atoms with E-state index in [1.807, 2.05) is 37.5 Å². The van der Waals surface area contributed by atoms with Gasteiger partial charge >= 0.3 is 0 Å². The van der Waals surface area contributed by atoms with Crippen LogP contribution in [0.15, 0.2) is 30.5 Å². The van der Waals surface area contributed by atoms with Gasteiger partial charge in [0.1, 0.15) is 0 Å². The summed E-state index contributed by atoms with van der Waals surface area (Å²) in [7, 11) is 1.99. The van der Waals surface area contributed by atoms with E-state index in [1.54, 1.807) is 11.8 Å². The Hall–Kier alpha value is -1.26. The normalized spacial score (nSPS) is 11.3. The zero-order chi connectivity index (χ0) is 13.0. The van der Waals surface area contributed by atoms with Crippen LogP contribution in [0.1, 0.15) is 10.4 Å². The topological polar surface area (TPSA) is 36.1 Å². The average Bonchev–Trinajstić information content (AvgIpc) is 2.80. The maximum absolute atomic E-state index is 12.2. The van der Waals surface area contributed by atoms with E-state index in [2.05, 4.69) is 16.1 Å². The summed E-state index contributed by atoms with van der Waals surface area (Å²) in [6.07, 6.45) is 3.89. The number of rotatable bonds is 6. The lowest BCUT2D eigenvalue weighted by molar-refractivity contribution is 0.0951. The molecule has 2 rings (SSSR count). The Bertz CT molecular complexity index is 535. The molecule has 1 aromatic heterocycles. The highest BCUT2D eigenvalue weighted by Crippen LogP contribution is 2.18. The van der Waals surface area contributed by atoms with Crippen LogP contribution in [0.25, 0.3) is 10.9 Å². The van der Waals surface area contributed by atoms with Gasteiger partial charge in [-0.05, 0) is 19.4 Å². The molecule has 4 heteroatoms. The molecule has 0 aliphatic heterocycles. The quantitative estimate of drug-likeness (QED) is 0.813. The van der Waals surface area contributed by atoms with Crippen LogP contribution in [0.3, 0.4) is 0 Å². The van der Waals surface area contributed by atoms with Crippen molar-refractivity contribution in [2.45, 2.75) is 0 Å². The Morgan fingerprint density at radius 3 is 2.94 bits per heavy atom. The molecule has 1 aromatic carbocycles. The Morgan fingerprint density at radius 2 is 2.17 bits per heavy atom. The first-order chi connectivity index (χ1) is 8.72. The van der Waals surface area contributed by atoms with Crippen molar-refractivity contribution < 1.29 is 4.79 Å². The van der Waals surface area contributed by atoms with Crippen LogP contribution < -0.4 is 0 Å². The summed E-state index contributed by atoms with van der Waals surface area (Å²) in [6.45, 7) is 1.41. The van der Waals surface area contributed by atoms with Crippen molar-refractivity contribution in [3.8, 4) is 0 Å². The molecule has 0 saturated carbocycles. The molecule has 0 unspecified atom stereocenters. The van der Waals surface area contributed by atoms with Crippen LogP contribution in [0, 0.1) is 0 Å². The molecule has 0 bridgehead atoms. The van der Waals surface area contributed by atoms with E-state index < -0.39 is 0 Å². The van der Waals surface area contributed by atoms with E-state index in [0.717, 1.165) is 28.8 Å². The minimum absolute atomic E-state index is 0.177. The predicted octanol–water partition coefficient (Wildman–Crippen LogP) is 2.65. The van der Waals surface area contributed by atoms with Crippen molar-refractivity contribution in [2.24, 2.45) is 0 Å². The maximum atomic E-state index is 12.2. The van der Waals surface area contributed by atoms with Gasteiger partial charge in [-0.25, -0.2) is 0 Å². The van der Waals surface area contributed by atoms with Gasteiger partial charge in [-0.2, -0.15) is 11.8 Å². The number of benzene rings is 1. The lowest BCUT2D eigenvalue weighted by atomic mass is 10.1. The summed E-state index contributed by atoms with van der Waals surface area (Å²) in [4.78, 5) is 17.4. The molecule has 18 heavy (non-hydrogen) atoms.